The topological polar surface area (TPSA) is 74.3 Å². The van der Waals surface area contributed by atoms with Gasteiger partial charge in [-0.1, -0.05) is 19.1 Å². The standard InChI is InChI=1S/C22H25NO6/c1-3-12-26-17-10-8-16(9-11-17)22(25)28-15-21(24)23(2)13-18-14-27-19-6-4-5-7-20(19)29-18/h4-11,18H,3,12-15H2,1-2H3. The number of hydrogen-bond donors (Lipinski definition) is 0. The Labute approximate surface area is 170 Å². The maximum absolute atomic E-state index is 12.3. The van der Waals surface area contributed by atoms with Crippen molar-refractivity contribution in [2.24, 2.45) is 0 Å². The summed E-state index contributed by atoms with van der Waals surface area (Å²) in [6, 6.07) is 14.0. The van der Waals surface area contributed by atoms with Gasteiger partial charge in [0.25, 0.3) is 5.91 Å². The normalized spacial score (nSPS) is 14.8. The molecule has 1 amide bonds. The number of benzene rings is 2. The SMILES string of the molecule is CCCOc1ccc(C(=O)OCC(=O)N(C)CC2COc3ccccc3O2)cc1. The van der Waals surface area contributed by atoms with E-state index in [2.05, 4.69) is 0 Å². The van der Waals surface area contributed by atoms with Gasteiger partial charge >= 0.3 is 5.97 Å². The van der Waals surface area contributed by atoms with E-state index in [0.717, 1.165) is 6.42 Å². The lowest BCUT2D eigenvalue weighted by Gasteiger charge is -2.29. The van der Waals surface area contributed by atoms with Crippen LogP contribution in [0.3, 0.4) is 0 Å². The van der Waals surface area contributed by atoms with Gasteiger partial charge in [0.15, 0.2) is 24.2 Å². The molecule has 154 valence electrons. The molecule has 1 heterocycles. The summed E-state index contributed by atoms with van der Waals surface area (Å²) in [5.74, 6) is 1.17. The number of carbonyl (C=O) groups is 2. The van der Waals surface area contributed by atoms with Crippen molar-refractivity contribution in [1.82, 2.24) is 4.90 Å². The number of nitrogens with zero attached hydrogens (tertiary/aromatic N) is 1. The molecule has 1 aliphatic rings. The average molecular weight is 399 g/mol. The van der Waals surface area contributed by atoms with Crippen LogP contribution in [0, 0.1) is 0 Å². The Morgan fingerprint density at radius 1 is 1.10 bits per heavy atom. The second kappa shape index (κ2) is 9.82. The van der Waals surface area contributed by atoms with Crippen molar-refractivity contribution in [3.63, 3.8) is 0 Å². The van der Waals surface area contributed by atoms with Gasteiger partial charge in [-0.2, -0.15) is 0 Å². The number of amides is 1. The van der Waals surface area contributed by atoms with Crippen molar-refractivity contribution >= 4 is 11.9 Å². The molecule has 0 saturated heterocycles. The van der Waals surface area contributed by atoms with Crippen LogP contribution in [0.1, 0.15) is 23.7 Å². The molecule has 7 heteroatoms. The highest BCUT2D eigenvalue weighted by Crippen LogP contribution is 2.30. The van der Waals surface area contributed by atoms with E-state index in [4.69, 9.17) is 18.9 Å². The molecule has 3 rings (SSSR count). The quantitative estimate of drug-likeness (QED) is 0.636. The molecule has 0 aromatic heterocycles. The smallest absolute Gasteiger partial charge is 0.338 e. The summed E-state index contributed by atoms with van der Waals surface area (Å²) in [5, 5.41) is 0. The summed E-state index contributed by atoms with van der Waals surface area (Å²) in [5.41, 5.74) is 0.366. The average Bonchev–Trinajstić information content (AvgIpc) is 2.76. The fourth-order valence-corrected chi connectivity index (χ4v) is 2.79. The van der Waals surface area contributed by atoms with Crippen LogP contribution in [0.15, 0.2) is 48.5 Å². The van der Waals surface area contributed by atoms with E-state index in [9.17, 15) is 9.59 Å². The number of carbonyl (C=O) groups excluding carboxylic acids is 2. The van der Waals surface area contributed by atoms with Crippen LogP contribution >= 0.6 is 0 Å². The number of rotatable bonds is 8. The van der Waals surface area contributed by atoms with Gasteiger partial charge in [0.2, 0.25) is 0 Å². The summed E-state index contributed by atoms with van der Waals surface area (Å²) in [6.07, 6.45) is 0.620. The molecule has 2 aromatic rings. The summed E-state index contributed by atoms with van der Waals surface area (Å²) in [4.78, 5) is 25.9. The lowest BCUT2D eigenvalue weighted by Crippen LogP contribution is -2.43. The van der Waals surface area contributed by atoms with Crippen molar-refractivity contribution < 1.29 is 28.5 Å². The highest BCUT2D eigenvalue weighted by Gasteiger charge is 2.24. The van der Waals surface area contributed by atoms with Gasteiger partial charge in [0, 0.05) is 7.05 Å². The molecule has 7 nitrogen and oxygen atoms in total. The fraction of sp³-hybridized carbons (Fsp3) is 0.364. The zero-order valence-electron chi connectivity index (χ0n) is 16.6. The van der Waals surface area contributed by atoms with Gasteiger partial charge in [-0.15, -0.1) is 0 Å². The number of fused-ring (bicyclic) bond motifs is 1. The van der Waals surface area contributed by atoms with Gasteiger partial charge in [-0.25, -0.2) is 4.79 Å². The van der Waals surface area contributed by atoms with Gasteiger partial charge in [-0.05, 0) is 42.8 Å². The maximum atomic E-state index is 12.3. The molecular weight excluding hydrogens is 374 g/mol. The van der Waals surface area contributed by atoms with Crippen molar-refractivity contribution in [2.45, 2.75) is 19.4 Å². The van der Waals surface area contributed by atoms with Crippen molar-refractivity contribution in [1.29, 1.82) is 0 Å². The first-order valence-electron chi connectivity index (χ1n) is 9.59. The first-order chi connectivity index (χ1) is 14.1. The summed E-state index contributed by atoms with van der Waals surface area (Å²) in [6.45, 7) is 2.97. The highest BCUT2D eigenvalue weighted by molar-refractivity contribution is 5.91. The summed E-state index contributed by atoms with van der Waals surface area (Å²) >= 11 is 0. The molecule has 0 radical (unpaired) electrons. The van der Waals surface area contributed by atoms with Crippen molar-refractivity contribution in [2.75, 3.05) is 33.4 Å². The molecule has 1 aliphatic heterocycles. The Morgan fingerprint density at radius 2 is 1.83 bits per heavy atom. The number of para-hydroxylation sites is 2. The molecule has 0 fully saturated rings. The van der Waals surface area contributed by atoms with Crippen molar-refractivity contribution in [3.8, 4) is 17.2 Å². The second-order valence-corrected chi connectivity index (χ2v) is 6.72. The third-order valence-electron chi connectivity index (χ3n) is 4.36. The van der Waals surface area contributed by atoms with Gasteiger partial charge in [0.05, 0.1) is 18.7 Å². The van der Waals surface area contributed by atoms with E-state index >= 15 is 0 Å². The van der Waals surface area contributed by atoms with Crippen molar-refractivity contribution in [3.05, 3.63) is 54.1 Å². The molecule has 0 N–H and O–H groups in total. The van der Waals surface area contributed by atoms with E-state index < -0.39 is 5.97 Å². The lowest BCUT2D eigenvalue weighted by molar-refractivity contribution is -0.134. The van der Waals surface area contributed by atoms with E-state index in [-0.39, 0.29) is 18.6 Å². The van der Waals surface area contributed by atoms with Gasteiger partial charge < -0.3 is 23.8 Å². The first-order valence-corrected chi connectivity index (χ1v) is 9.59. The number of hydrogen-bond acceptors (Lipinski definition) is 6. The molecular formula is C22H25NO6. The Morgan fingerprint density at radius 3 is 2.55 bits per heavy atom. The first kappa shape index (κ1) is 20.5. The zero-order valence-corrected chi connectivity index (χ0v) is 16.6. The molecule has 1 unspecified atom stereocenters. The Balaban J connectivity index is 1.44. The predicted octanol–water partition coefficient (Wildman–Crippen LogP) is 2.93. The molecule has 0 saturated carbocycles. The highest BCUT2D eigenvalue weighted by atomic mass is 16.6. The van der Waals surface area contributed by atoms with Gasteiger partial charge in [-0.3, -0.25) is 4.79 Å². The lowest BCUT2D eigenvalue weighted by atomic mass is 10.2. The van der Waals surface area contributed by atoms with Gasteiger partial charge in [0.1, 0.15) is 12.4 Å². The largest absolute Gasteiger partial charge is 0.494 e. The van der Waals surface area contributed by atoms with Crippen LogP contribution in [0.25, 0.3) is 0 Å². The molecule has 29 heavy (non-hydrogen) atoms. The van der Waals surface area contributed by atoms with Crippen LogP contribution in [-0.4, -0.2) is 56.3 Å². The molecule has 1 atom stereocenters. The predicted molar refractivity (Wildman–Crippen MR) is 107 cm³/mol. The number of esters is 1. The Hall–Kier alpha value is -3.22. The monoisotopic (exact) mass is 399 g/mol. The molecule has 0 spiro atoms. The Bertz CT molecular complexity index is 835. The van der Waals surface area contributed by atoms with Crippen LogP contribution in [-0.2, 0) is 9.53 Å². The van der Waals surface area contributed by atoms with Crippen LogP contribution in [0.2, 0.25) is 0 Å². The van der Waals surface area contributed by atoms with E-state index in [1.165, 1.54) is 4.90 Å². The minimum Gasteiger partial charge on any atom is -0.494 e. The summed E-state index contributed by atoms with van der Waals surface area (Å²) < 4.78 is 22.1. The third-order valence-corrected chi connectivity index (χ3v) is 4.36. The molecule has 0 aliphatic carbocycles. The summed E-state index contributed by atoms with van der Waals surface area (Å²) in [7, 11) is 1.64. The van der Waals surface area contributed by atoms with Crippen LogP contribution < -0.4 is 14.2 Å². The minimum atomic E-state index is -0.556. The number of likely N-dealkylation sites (N-methyl/N-ethyl adjacent to an activating group) is 1. The molecule has 2 aromatic carbocycles. The zero-order chi connectivity index (χ0) is 20.6. The van der Waals surface area contributed by atoms with E-state index in [0.29, 0.717) is 42.6 Å². The second-order valence-electron chi connectivity index (χ2n) is 6.72. The van der Waals surface area contributed by atoms with Crippen LogP contribution in [0.5, 0.6) is 17.2 Å². The molecule has 0 bridgehead atoms. The van der Waals surface area contributed by atoms with E-state index in [1.54, 1.807) is 31.3 Å². The fourth-order valence-electron chi connectivity index (χ4n) is 2.79. The van der Waals surface area contributed by atoms with E-state index in [1.807, 2.05) is 31.2 Å². The maximum Gasteiger partial charge on any atom is 0.338 e. The Kier molecular flexibility index (Phi) is 6.94. The van der Waals surface area contributed by atoms with Crippen LogP contribution in [0.4, 0.5) is 0 Å². The third kappa shape index (κ3) is 5.63. The minimum absolute atomic E-state index is 0.287. The number of ether oxygens (including phenoxy) is 4.